The van der Waals surface area contributed by atoms with Gasteiger partial charge in [0.2, 0.25) is 5.91 Å². The lowest BCUT2D eigenvalue weighted by Crippen LogP contribution is -2.14. The number of carbonyl (C=O) groups excluding carboxylic acids is 1. The fourth-order valence-electron chi connectivity index (χ4n) is 2.53. The van der Waals surface area contributed by atoms with Crippen LogP contribution in [-0.2, 0) is 11.3 Å². The van der Waals surface area contributed by atoms with Gasteiger partial charge in [-0.15, -0.1) is 16.8 Å². The lowest BCUT2D eigenvalue weighted by Gasteiger charge is -2.09. The van der Waals surface area contributed by atoms with Crippen molar-refractivity contribution in [3.05, 3.63) is 67.0 Å². The Kier molecular flexibility index (Phi) is 6.44. The first-order chi connectivity index (χ1) is 13.6. The van der Waals surface area contributed by atoms with E-state index < -0.39 is 0 Å². The maximum Gasteiger partial charge on any atom is 0.234 e. The highest BCUT2D eigenvalue weighted by molar-refractivity contribution is 7.99. The second kappa shape index (κ2) is 9.18. The van der Waals surface area contributed by atoms with Gasteiger partial charge in [0.1, 0.15) is 11.6 Å². The summed E-state index contributed by atoms with van der Waals surface area (Å²) in [5.74, 6) is 0.934. The van der Waals surface area contributed by atoms with Gasteiger partial charge in [-0.2, -0.15) is 0 Å². The van der Waals surface area contributed by atoms with Gasteiger partial charge >= 0.3 is 0 Å². The molecule has 0 unspecified atom stereocenters. The Morgan fingerprint density at radius 3 is 2.79 bits per heavy atom. The molecular formula is C20H19FN4O2S. The van der Waals surface area contributed by atoms with Crippen molar-refractivity contribution < 1.29 is 13.9 Å². The van der Waals surface area contributed by atoms with Gasteiger partial charge in [-0.3, -0.25) is 9.36 Å². The van der Waals surface area contributed by atoms with Gasteiger partial charge < -0.3 is 10.1 Å². The molecule has 0 radical (unpaired) electrons. The van der Waals surface area contributed by atoms with E-state index in [1.165, 1.54) is 23.9 Å². The van der Waals surface area contributed by atoms with E-state index in [0.717, 1.165) is 5.56 Å². The van der Waals surface area contributed by atoms with Crippen LogP contribution in [0.4, 0.5) is 10.1 Å². The number of nitrogens with one attached hydrogen (secondary N) is 1. The van der Waals surface area contributed by atoms with Crippen LogP contribution in [0.3, 0.4) is 0 Å². The molecule has 0 atom stereocenters. The Morgan fingerprint density at radius 1 is 1.29 bits per heavy atom. The van der Waals surface area contributed by atoms with Crippen LogP contribution in [0.25, 0.3) is 11.4 Å². The zero-order valence-electron chi connectivity index (χ0n) is 15.3. The molecule has 0 fully saturated rings. The van der Waals surface area contributed by atoms with E-state index in [4.69, 9.17) is 4.74 Å². The molecule has 0 spiro atoms. The summed E-state index contributed by atoms with van der Waals surface area (Å²) in [7, 11) is 1.57. The van der Waals surface area contributed by atoms with Gasteiger partial charge in [0.25, 0.3) is 0 Å². The summed E-state index contributed by atoms with van der Waals surface area (Å²) in [6.45, 7) is 4.23. The van der Waals surface area contributed by atoms with E-state index in [0.29, 0.717) is 29.0 Å². The van der Waals surface area contributed by atoms with E-state index in [2.05, 4.69) is 22.1 Å². The summed E-state index contributed by atoms with van der Waals surface area (Å²) in [5, 5.41) is 11.8. The lowest BCUT2D eigenvalue weighted by atomic mass is 10.2. The van der Waals surface area contributed by atoms with E-state index >= 15 is 0 Å². The number of amides is 1. The fraction of sp³-hybridized carbons (Fsp3) is 0.150. The predicted octanol–water partition coefficient (Wildman–Crippen LogP) is 4.01. The van der Waals surface area contributed by atoms with Crippen LogP contribution in [0.15, 0.2) is 66.3 Å². The van der Waals surface area contributed by atoms with Crippen LogP contribution in [0, 0.1) is 5.82 Å². The number of carbonyl (C=O) groups is 1. The molecule has 0 aliphatic heterocycles. The van der Waals surface area contributed by atoms with Gasteiger partial charge in [0.15, 0.2) is 11.0 Å². The van der Waals surface area contributed by atoms with Crippen LogP contribution in [0.5, 0.6) is 5.75 Å². The van der Waals surface area contributed by atoms with Crippen molar-refractivity contribution in [1.82, 2.24) is 14.8 Å². The Hall–Kier alpha value is -3.13. The summed E-state index contributed by atoms with van der Waals surface area (Å²) >= 11 is 1.27. The first-order valence-corrected chi connectivity index (χ1v) is 9.46. The van der Waals surface area contributed by atoms with Crippen molar-refractivity contribution in [1.29, 1.82) is 0 Å². The maximum atomic E-state index is 13.2. The molecule has 0 saturated heterocycles. The zero-order valence-corrected chi connectivity index (χ0v) is 16.1. The van der Waals surface area contributed by atoms with Crippen molar-refractivity contribution in [2.24, 2.45) is 0 Å². The van der Waals surface area contributed by atoms with Crippen molar-refractivity contribution in [3.8, 4) is 17.1 Å². The molecule has 1 amide bonds. The number of hydrogen-bond donors (Lipinski definition) is 1. The molecule has 0 aliphatic rings. The van der Waals surface area contributed by atoms with E-state index in [9.17, 15) is 9.18 Å². The van der Waals surface area contributed by atoms with E-state index in [1.54, 1.807) is 49.6 Å². The smallest absolute Gasteiger partial charge is 0.234 e. The highest BCUT2D eigenvalue weighted by Crippen LogP contribution is 2.25. The van der Waals surface area contributed by atoms with Crippen LogP contribution in [0.1, 0.15) is 0 Å². The normalized spacial score (nSPS) is 10.5. The Bertz CT molecular complexity index is 973. The van der Waals surface area contributed by atoms with Crippen LogP contribution >= 0.6 is 11.8 Å². The molecule has 3 aromatic rings. The van der Waals surface area contributed by atoms with Crippen molar-refractivity contribution >= 4 is 23.4 Å². The quantitative estimate of drug-likeness (QED) is 0.459. The van der Waals surface area contributed by atoms with Crippen LogP contribution in [-0.4, -0.2) is 33.5 Å². The highest BCUT2D eigenvalue weighted by atomic mass is 32.2. The number of methoxy groups -OCH3 is 1. The lowest BCUT2D eigenvalue weighted by molar-refractivity contribution is -0.113. The molecule has 144 valence electrons. The van der Waals surface area contributed by atoms with Gasteiger partial charge in [-0.25, -0.2) is 4.39 Å². The van der Waals surface area contributed by atoms with Gasteiger partial charge in [-0.05, 0) is 36.4 Å². The molecular weight excluding hydrogens is 379 g/mol. The molecule has 1 N–H and O–H groups in total. The monoisotopic (exact) mass is 398 g/mol. The molecule has 28 heavy (non-hydrogen) atoms. The number of aromatic nitrogens is 3. The number of benzene rings is 2. The molecule has 3 rings (SSSR count). The van der Waals surface area contributed by atoms with Crippen molar-refractivity contribution in [2.75, 3.05) is 18.2 Å². The van der Waals surface area contributed by atoms with Gasteiger partial charge in [0, 0.05) is 23.9 Å². The Balaban J connectivity index is 1.70. The molecule has 0 aliphatic carbocycles. The van der Waals surface area contributed by atoms with Gasteiger partial charge in [-0.1, -0.05) is 23.9 Å². The third-order valence-corrected chi connectivity index (χ3v) is 4.78. The minimum atomic E-state index is -0.317. The zero-order chi connectivity index (χ0) is 19.9. The van der Waals surface area contributed by atoms with Crippen molar-refractivity contribution in [3.63, 3.8) is 0 Å². The minimum Gasteiger partial charge on any atom is -0.497 e. The number of thioether (sulfide) groups is 1. The topological polar surface area (TPSA) is 69.0 Å². The SMILES string of the molecule is C=CCn1c(SCC(=O)Nc2cccc(OC)c2)nnc1-c1ccc(F)cc1. The number of rotatable bonds is 8. The maximum absolute atomic E-state index is 13.2. The first kappa shape index (κ1) is 19.6. The molecule has 1 heterocycles. The van der Waals surface area contributed by atoms with E-state index in [1.807, 2.05) is 4.57 Å². The molecule has 2 aromatic carbocycles. The third-order valence-electron chi connectivity index (χ3n) is 3.82. The van der Waals surface area contributed by atoms with Crippen LogP contribution < -0.4 is 10.1 Å². The predicted molar refractivity (Wildman–Crippen MR) is 108 cm³/mol. The number of anilines is 1. The van der Waals surface area contributed by atoms with E-state index in [-0.39, 0.29) is 17.5 Å². The summed E-state index contributed by atoms with van der Waals surface area (Å²) in [6.07, 6.45) is 1.72. The molecule has 6 nitrogen and oxygen atoms in total. The van der Waals surface area contributed by atoms with Gasteiger partial charge in [0.05, 0.1) is 12.9 Å². The number of nitrogens with zero attached hydrogens (tertiary/aromatic N) is 3. The fourth-order valence-corrected chi connectivity index (χ4v) is 3.28. The molecule has 8 heteroatoms. The Labute approximate surface area is 166 Å². The average Bonchev–Trinajstić information content (AvgIpc) is 3.10. The summed E-state index contributed by atoms with van der Waals surface area (Å²) in [4.78, 5) is 12.3. The second-order valence-corrected chi connectivity index (χ2v) is 6.72. The first-order valence-electron chi connectivity index (χ1n) is 8.47. The summed E-state index contributed by atoms with van der Waals surface area (Å²) in [6, 6.07) is 13.2. The van der Waals surface area contributed by atoms with Crippen molar-refractivity contribution in [2.45, 2.75) is 11.7 Å². The third kappa shape index (κ3) is 4.77. The molecule has 0 bridgehead atoms. The number of ether oxygens (including phenoxy) is 1. The summed E-state index contributed by atoms with van der Waals surface area (Å²) < 4.78 is 20.2. The summed E-state index contributed by atoms with van der Waals surface area (Å²) in [5.41, 5.74) is 1.40. The number of halogens is 1. The second-order valence-electron chi connectivity index (χ2n) is 5.78. The average molecular weight is 398 g/mol. The number of allylic oxidation sites excluding steroid dienone is 1. The molecule has 1 aromatic heterocycles. The number of hydrogen-bond acceptors (Lipinski definition) is 5. The van der Waals surface area contributed by atoms with Crippen LogP contribution in [0.2, 0.25) is 0 Å². The highest BCUT2D eigenvalue weighted by Gasteiger charge is 2.15. The largest absolute Gasteiger partial charge is 0.497 e. The minimum absolute atomic E-state index is 0.163. The molecule has 0 saturated carbocycles. The Morgan fingerprint density at radius 2 is 2.07 bits per heavy atom. The standard InChI is InChI=1S/C20H19FN4O2S/c1-3-11-25-19(14-7-9-15(21)10-8-14)23-24-20(25)28-13-18(26)22-16-5-4-6-17(12-16)27-2/h3-10,12H,1,11,13H2,2H3,(H,22,26).